The van der Waals surface area contributed by atoms with Gasteiger partial charge in [0.25, 0.3) is 0 Å². The summed E-state index contributed by atoms with van der Waals surface area (Å²) in [4.78, 5) is 14.0. The molecule has 0 radical (unpaired) electrons. The molecule has 0 spiro atoms. The summed E-state index contributed by atoms with van der Waals surface area (Å²) in [6, 6.07) is 0.333. The number of amides is 1. The van der Waals surface area contributed by atoms with Gasteiger partial charge in [0.05, 0.1) is 0 Å². The van der Waals surface area contributed by atoms with E-state index in [1.54, 1.807) is 0 Å². The monoisotopic (exact) mass is 314 g/mol. The lowest BCUT2D eigenvalue weighted by Crippen LogP contribution is -2.50. The Kier molecular flexibility index (Phi) is 8.18. The number of carbonyl (C=O) groups excluding carboxylic acids is 1. The number of carbonyl (C=O) groups is 1. The van der Waals surface area contributed by atoms with E-state index in [2.05, 4.69) is 12.2 Å². The van der Waals surface area contributed by atoms with Crippen molar-refractivity contribution in [2.24, 2.45) is 5.92 Å². The van der Waals surface area contributed by atoms with Crippen LogP contribution in [0.25, 0.3) is 0 Å². The average molecular weight is 314 g/mol. The normalized spacial score (nSPS) is 20.8. The van der Waals surface area contributed by atoms with Gasteiger partial charge in [0.2, 0.25) is 0 Å². The predicted molar refractivity (Wildman–Crippen MR) is 88.9 cm³/mol. The van der Waals surface area contributed by atoms with Crippen molar-refractivity contribution in [3.8, 4) is 0 Å². The second-order valence-electron chi connectivity index (χ2n) is 7.34. The Morgan fingerprint density at radius 3 is 2.73 bits per heavy atom. The fraction of sp³-hybridized carbons (Fsp3) is 0.941. The Morgan fingerprint density at radius 1 is 1.41 bits per heavy atom. The lowest BCUT2D eigenvalue weighted by molar-refractivity contribution is 0.0186. The molecule has 0 aromatic heterocycles. The number of aliphatic hydroxyl groups excluding tert-OH is 1. The first-order chi connectivity index (χ1) is 10.4. The molecular formula is C17H34N2O3. The van der Waals surface area contributed by atoms with Crippen LogP contribution in [-0.2, 0) is 4.74 Å². The molecule has 2 unspecified atom stereocenters. The van der Waals surface area contributed by atoms with Gasteiger partial charge in [-0.25, -0.2) is 4.79 Å². The van der Waals surface area contributed by atoms with Crippen molar-refractivity contribution in [2.75, 3.05) is 26.2 Å². The molecular weight excluding hydrogens is 280 g/mol. The van der Waals surface area contributed by atoms with Crippen molar-refractivity contribution in [1.82, 2.24) is 10.2 Å². The highest BCUT2D eigenvalue weighted by Gasteiger charge is 2.27. The molecule has 130 valence electrons. The molecule has 5 heteroatoms. The molecule has 22 heavy (non-hydrogen) atoms. The third-order valence-corrected chi connectivity index (χ3v) is 4.00. The van der Waals surface area contributed by atoms with Gasteiger partial charge in [-0.05, 0) is 58.9 Å². The number of hydrogen-bond acceptors (Lipinski definition) is 4. The van der Waals surface area contributed by atoms with Crippen LogP contribution in [0.4, 0.5) is 4.79 Å². The summed E-state index contributed by atoms with van der Waals surface area (Å²) in [7, 11) is 0. The van der Waals surface area contributed by atoms with Crippen LogP contribution in [0.1, 0.15) is 59.8 Å². The van der Waals surface area contributed by atoms with Gasteiger partial charge in [0, 0.05) is 25.7 Å². The minimum atomic E-state index is -0.440. The van der Waals surface area contributed by atoms with E-state index in [0.717, 1.165) is 45.2 Å². The predicted octanol–water partition coefficient (Wildman–Crippen LogP) is 2.77. The first-order valence-electron chi connectivity index (χ1n) is 8.68. The summed E-state index contributed by atoms with van der Waals surface area (Å²) in [6.07, 6.45) is 5.02. The van der Waals surface area contributed by atoms with Crippen LogP contribution in [0.3, 0.4) is 0 Å². The molecule has 0 aliphatic carbocycles. The molecule has 1 saturated heterocycles. The molecule has 0 aromatic carbocycles. The fourth-order valence-corrected chi connectivity index (χ4v) is 2.91. The summed E-state index contributed by atoms with van der Waals surface area (Å²) in [5, 5.41) is 12.7. The maximum absolute atomic E-state index is 12.1. The summed E-state index contributed by atoms with van der Waals surface area (Å²) < 4.78 is 5.45. The van der Waals surface area contributed by atoms with Gasteiger partial charge >= 0.3 is 6.09 Å². The van der Waals surface area contributed by atoms with Crippen molar-refractivity contribution >= 4 is 6.09 Å². The van der Waals surface area contributed by atoms with Crippen LogP contribution in [0.2, 0.25) is 0 Å². The summed E-state index contributed by atoms with van der Waals surface area (Å²) in [6.45, 7) is 10.5. The molecule has 1 aliphatic rings. The Balaban J connectivity index is 2.40. The Labute approximate surface area is 135 Å². The van der Waals surface area contributed by atoms with Crippen LogP contribution in [-0.4, -0.2) is 54.0 Å². The standard InChI is InChI=1S/C17H34N2O3/c1-5-7-14(9-11-20)12-18-15-8-6-10-19(13-15)16(21)22-17(2,3)4/h14-15,18,20H,5-13H2,1-4H3. The fourth-order valence-electron chi connectivity index (χ4n) is 2.91. The smallest absolute Gasteiger partial charge is 0.410 e. The van der Waals surface area contributed by atoms with Gasteiger partial charge in [0.1, 0.15) is 5.60 Å². The number of rotatable bonds is 7. The summed E-state index contributed by atoms with van der Waals surface area (Å²) in [5.41, 5.74) is -0.440. The number of piperidine rings is 1. The average Bonchev–Trinajstić information content (AvgIpc) is 2.44. The number of nitrogens with one attached hydrogen (secondary N) is 1. The Hall–Kier alpha value is -0.810. The Morgan fingerprint density at radius 2 is 2.14 bits per heavy atom. The van der Waals surface area contributed by atoms with Crippen molar-refractivity contribution < 1.29 is 14.6 Å². The molecule has 5 nitrogen and oxygen atoms in total. The lowest BCUT2D eigenvalue weighted by atomic mass is 9.98. The molecule has 2 N–H and O–H groups in total. The van der Waals surface area contributed by atoms with Gasteiger partial charge < -0.3 is 20.1 Å². The van der Waals surface area contributed by atoms with Crippen LogP contribution >= 0.6 is 0 Å². The zero-order valence-electron chi connectivity index (χ0n) is 14.7. The van der Waals surface area contributed by atoms with Crippen molar-refractivity contribution in [3.05, 3.63) is 0 Å². The number of aliphatic hydroxyl groups is 1. The Bertz CT molecular complexity index is 322. The second kappa shape index (κ2) is 9.36. The minimum Gasteiger partial charge on any atom is -0.444 e. The molecule has 1 heterocycles. The highest BCUT2D eigenvalue weighted by atomic mass is 16.6. The van der Waals surface area contributed by atoms with Gasteiger partial charge in [-0.1, -0.05) is 13.3 Å². The van der Waals surface area contributed by atoms with Crippen molar-refractivity contribution in [3.63, 3.8) is 0 Å². The van der Waals surface area contributed by atoms with Crippen LogP contribution in [0.15, 0.2) is 0 Å². The molecule has 1 amide bonds. The van der Waals surface area contributed by atoms with Crippen LogP contribution in [0, 0.1) is 5.92 Å². The van der Waals surface area contributed by atoms with Crippen LogP contribution < -0.4 is 5.32 Å². The van der Waals surface area contributed by atoms with E-state index in [9.17, 15) is 4.79 Å². The van der Waals surface area contributed by atoms with Gasteiger partial charge in [-0.15, -0.1) is 0 Å². The number of nitrogens with zero attached hydrogens (tertiary/aromatic N) is 1. The number of likely N-dealkylation sites (tertiary alicyclic amines) is 1. The van der Waals surface area contributed by atoms with E-state index in [0.29, 0.717) is 18.5 Å². The van der Waals surface area contributed by atoms with Gasteiger partial charge in [0.15, 0.2) is 0 Å². The maximum atomic E-state index is 12.1. The first-order valence-corrected chi connectivity index (χ1v) is 8.68. The van der Waals surface area contributed by atoms with E-state index < -0.39 is 5.60 Å². The largest absolute Gasteiger partial charge is 0.444 e. The van der Waals surface area contributed by atoms with E-state index in [-0.39, 0.29) is 12.7 Å². The molecule has 1 aliphatic heterocycles. The molecule has 0 saturated carbocycles. The zero-order valence-corrected chi connectivity index (χ0v) is 14.7. The van der Waals surface area contributed by atoms with E-state index in [1.807, 2.05) is 25.7 Å². The number of hydrogen-bond donors (Lipinski definition) is 2. The second-order valence-corrected chi connectivity index (χ2v) is 7.34. The van der Waals surface area contributed by atoms with E-state index in [1.165, 1.54) is 0 Å². The van der Waals surface area contributed by atoms with E-state index in [4.69, 9.17) is 9.84 Å². The molecule has 0 bridgehead atoms. The zero-order chi connectivity index (χ0) is 16.6. The van der Waals surface area contributed by atoms with Crippen molar-refractivity contribution in [2.45, 2.75) is 71.4 Å². The highest BCUT2D eigenvalue weighted by molar-refractivity contribution is 5.68. The molecule has 0 aromatic rings. The molecule has 2 atom stereocenters. The summed E-state index contributed by atoms with van der Waals surface area (Å²) in [5.74, 6) is 0.520. The van der Waals surface area contributed by atoms with Crippen LogP contribution in [0.5, 0.6) is 0 Å². The molecule has 1 rings (SSSR count). The minimum absolute atomic E-state index is 0.209. The van der Waals surface area contributed by atoms with Crippen molar-refractivity contribution in [1.29, 1.82) is 0 Å². The maximum Gasteiger partial charge on any atom is 0.410 e. The third kappa shape index (κ3) is 7.45. The van der Waals surface area contributed by atoms with E-state index >= 15 is 0 Å². The quantitative estimate of drug-likeness (QED) is 0.758. The first kappa shape index (κ1) is 19.2. The van der Waals surface area contributed by atoms with Gasteiger partial charge in [-0.3, -0.25) is 0 Å². The summed E-state index contributed by atoms with van der Waals surface area (Å²) >= 11 is 0. The number of ether oxygens (including phenoxy) is 1. The molecule has 1 fully saturated rings. The highest BCUT2D eigenvalue weighted by Crippen LogP contribution is 2.16. The SMILES string of the molecule is CCCC(CCO)CNC1CCCN(C(=O)OC(C)(C)C)C1. The topological polar surface area (TPSA) is 61.8 Å². The van der Waals surface area contributed by atoms with Gasteiger partial charge in [-0.2, -0.15) is 0 Å². The third-order valence-electron chi connectivity index (χ3n) is 4.00. The lowest BCUT2D eigenvalue weighted by Gasteiger charge is -2.35.